The first kappa shape index (κ1) is 26.7. The van der Waals surface area contributed by atoms with E-state index in [1.54, 1.807) is 84.9 Å². The molecule has 0 aliphatic rings. The van der Waals surface area contributed by atoms with Crippen LogP contribution in [0, 0.1) is 0 Å². The number of rotatable bonds is 10. The minimum absolute atomic E-state index is 0.334. The number of carbonyl (C=O) groups is 1. The van der Waals surface area contributed by atoms with E-state index in [4.69, 9.17) is 30.5 Å². The zero-order valence-corrected chi connectivity index (χ0v) is 22.2. The number of hydrogen-bond donors (Lipinski definition) is 1. The van der Waals surface area contributed by atoms with Crippen LogP contribution in [0.3, 0.4) is 0 Å². The molecular weight excluding hydrogens is 528 g/mol. The Morgan fingerprint density at radius 2 is 1.00 bits per heavy atom. The Morgan fingerprint density at radius 1 is 0.575 bits per heavy atom. The zero-order chi connectivity index (χ0) is 28.0. The van der Waals surface area contributed by atoms with Crippen LogP contribution in [0.25, 0.3) is 0 Å². The number of para-hydroxylation sites is 1. The minimum Gasteiger partial charge on any atom is -0.478 e. The third-order valence-corrected chi connectivity index (χ3v) is 6.26. The minimum atomic E-state index is -1.67. The third-order valence-electron chi connectivity index (χ3n) is 6.01. The van der Waals surface area contributed by atoms with Gasteiger partial charge in [-0.1, -0.05) is 54.1 Å². The highest BCUT2D eigenvalue weighted by atomic mass is 35.5. The quantitative estimate of drug-likeness (QED) is 0.186. The average molecular weight is 553 g/mol. The van der Waals surface area contributed by atoms with E-state index < -0.39 is 11.6 Å². The number of benzene rings is 5. The summed E-state index contributed by atoms with van der Waals surface area (Å²) in [5.74, 6) is 2.73. The van der Waals surface area contributed by atoms with Crippen LogP contribution in [-0.4, -0.2) is 11.1 Å². The van der Waals surface area contributed by atoms with E-state index >= 15 is 0 Å². The predicted octanol–water partition coefficient (Wildman–Crippen LogP) is 9.10. The van der Waals surface area contributed by atoms with Gasteiger partial charge in [-0.05, 0) is 79.7 Å². The highest BCUT2D eigenvalue weighted by molar-refractivity contribution is 6.30. The van der Waals surface area contributed by atoms with Gasteiger partial charge in [0.1, 0.15) is 40.2 Å². The monoisotopic (exact) mass is 552 g/mol. The van der Waals surface area contributed by atoms with Gasteiger partial charge in [-0.3, -0.25) is 0 Å². The molecule has 0 aromatic heterocycles. The Balaban J connectivity index is 1.30. The molecule has 0 amide bonds. The molecule has 0 aliphatic carbocycles. The molecule has 200 valence electrons. The van der Waals surface area contributed by atoms with Crippen molar-refractivity contribution in [1.82, 2.24) is 0 Å². The van der Waals surface area contributed by atoms with Crippen LogP contribution in [0.15, 0.2) is 127 Å². The number of aliphatic carboxylic acids is 1. The number of ether oxygens (including phenoxy) is 4. The molecule has 0 heterocycles. The van der Waals surface area contributed by atoms with Crippen LogP contribution < -0.4 is 18.9 Å². The highest BCUT2D eigenvalue weighted by Gasteiger charge is 2.38. The van der Waals surface area contributed by atoms with E-state index in [0.29, 0.717) is 50.8 Å². The summed E-state index contributed by atoms with van der Waals surface area (Å²) in [7, 11) is 0. The molecule has 0 fully saturated rings. The van der Waals surface area contributed by atoms with Crippen LogP contribution >= 0.6 is 11.6 Å². The second-order valence-electron chi connectivity index (χ2n) is 8.99. The lowest BCUT2D eigenvalue weighted by Crippen LogP contribution is -2.38. The van der Waals surface area contributed by atoms with Crippen LogP contribution in [0.5, 0.6) is 40.2 Å². The summed E-state index contributed by atoms with van der Waals surface area (Å²) in [5, 5.41) is 10.7. The highest BCUT2D eigenvalue weighted by Crippen LogP contribution is 2.34. The maximum Gasteiger partial charge on any atom is 0.352 e. The molecule has 1 N–H and O–H groups in total. The number of halogens is 1. The van der Waals surface area contributed by atoms with Crippen molar-refractivity contribution in [2.75, 3.05) is 0 Å². The molecule has 1 atom stereocenters. The van der Waals surface area contributed by atoms with Gasteiger partial charge in [0.05, 0.1) is 0 Å². The van der Waals surface area contributed by atoms with E-state index in [2.05, 4.69) is 0 Å². The van der Waals surface area contributed by atoms with Crippen molar-refractivity contribution in [3.63, 3.8) is 0 Å². The fourth-order valence-electron chi connectivity index (χ4n) is 3.90. The summed E-state index contributed by atoms with van der Waals surface area (Å²) in [6, 6.07) is 37.2. The third kappa shape index (κ3) is 6.54. The SMILES string of the molecule is CC(Oc1cccc(Oc2cccc(Oc3ccccc3)c2)c1)(C(=O)O)c1ccc(Oc2ccc(Cl)cc2)cc1. The number of carboxylic acids is 1. The Hall–Kier alpha value is -4.94. The van der Waals surface area contributed by atoms with E-state index in [0.717, 1.165) is 0 Å². The van der Waals surface area contributed by atoms with Crippen molar-refractivity contribution in [2.45, 2.75) is 12.5 Å². The first-order valence-electron chi connectivity index (χ1n) is 12.4. The zero-order valence-electron chi connectivity index (χ0n) is 21.5. The lowest BCUT2D eigenvalue weighted by atomic mass is 9.95. The van der Waals surface area contributed by atoms with Gasteiger partial charge < -0.3 is 24.1 Å². The molecule has 5 rings (SSSR count). The van der Waals surface area contributed by atoms with Gasteiger partial charge >= 0.3 is 5.97 Å². The van der Waals surface area contributed by atoms with E-state index in [1.165, 1.54) is 6.92 Å². The first-order chi connectivity index (χ1) is 19.4. The topological polar surface area (TPSA) is 74.2 Å². The Morgan fingerprint density at radius 3 is 1.57 bits per heavy atom. The molecule has 0 radical (unpaired) electrons. The van der Waals surface area contributed by atoms with E-state index in [9.17, 15) is 9.90 Å². The van der Waals surface area contributed by atoms with Gasteiger partial charge in [-0.25, -0.2) is 4.79 Å². The normalized spacial score (nSPS) is 12.2. The summed E-state index contributed by atoms with van der Waals surface area (Å²) >= 11 is 5.93. The molecule has 7 heteroatoms. The fraction of sp³-hybridized carbons (Fsp3) is 0.0606. The van der Waals surface area contributed by atoms with Crippen molar-refractivity contribution in [2.24, 2.45) is 0 Å². The van der Waals surface area contributed by atoms with Crippen LogP contribution in [0.4, 0.5) is 0 Å². The number of hydrogen-bond acceptors (Lipinski definition) is 5. The molecular formula is C33H25ClO6. The van der Waals surface area contributed by atoms with Gasteiger partial charge in [0.2, 0.25) is 5.60 Å². The van der Waals surface area contributed by atoms with Crippen molar-refractivity contribution >= 4 is 17.6 Å². The largest absolute Gasteiger partial charge is 0.478 e. The molecule has 6 nitrogen and oxygen atoms in total. The summed E-state index contributed by atoms with van der Waals surface area (Å²) in [5.41, 5.74) is -1.22. The summed E-state index contributed by atoms with van der Waals surface area (Å²) in [6.45, 7) is 1.50. The van der Waals surface area contributed by atoms with Gasteiger partial charge in [0.15, 0.2) is 0 Å². The van der Waals surface area contributed by atoms with Crippen LogP contribution in [0.1, 0.15) is 12.5 Å². The molecule has 0 spiro atoms. The smallest absolute Gasteiger partial charge is 0.352 e. The van der Waals surface area contributed by atoms with E-state index in [1.807, 2.05) is 42.5 Å². The van der Waals surface area contributed by atoms with Crippen molar-refractivity contribution in [3.8, 4) is 40.2 Å². The molecule has 0 saturated heterocycles. The van der Waals surface area contributed by atoms with Crippen molar-refractivity contribution in [3.05, 3.63) is 138 Å². The van der Waals surface area contributed by atoms with Crippen molar-refractivity contribution < 1.29 is 28.8 Å². The molecule has 5 aromatic rings. The van der Waals surface area contributed by atoms with Gasteiger partial charge in [-0.2, -0.15) is 0 Å². The van der Waals surface area contributed by atoms with Gasteiger partial charge in [0.25, 0.3) is 0 Å². The van der Waals surface area contributed by atoms with Gasteiger partial charge in [-0.15, -0.1) is 0 Å². The second-order valence-corrected chi connectivity index (χ2v) is 9.42. The lowest BCUT2D eigenvalue weighted by Gasteiger charge is -2.27. The maximum atomic E-state index is 12.4. The van der Waals surface area contributed by atoms with Gasteiger partial charge in [0, 0.05) is 22.7 Å². The molecule has 0 aliphatic heterocycles. The number of carboxylic acid groups (broad SMARTS) is 1. The average Bonchev–Trinajstić information content (AvgIpc) is 2.95. The summed E-state index contributed by atoms with van der Waals surface area (Å²) < 4.78 is 23.8. The molecule has 5 aromatic carbocycles. The summed E-state index contributed by atoms with van der Waals surface area (Å²) in [6.07, 6.45) is 0. The second kappa shape index (κ2) is 11.8. The standard InChI is InChI=1S/C33H25ClO6/c1-33(32(35)36,23-13-17-26(18-14-23)37-27-19-15-24(34)16-20-27)40-31-12-6-11-30(22-31)39-29-10-5-9-28(21-29)38-25-7-3-2-4-8-25/h2-22H,1H3,(H,35,36). The summed E-state index contributed by atoms with van der Waals surface area (Å²) in [4.78, 5) is 12.4. The Labute approximate surface area is 236 Å². The molecule has 0 saturated carbocycles. The molecule has 0 bridgehead atoms. The fourth-order valence-corrected chi connectivity index (χ4v) is 4.03. The molecule has 40 heavy (non-hydrogen) atoms. The Bertz CT molecular complexity index is 1590. The molecule has 1 unspecified atom stereocenters. The van der Waals surface area contributed by atoms with Crippen LogP contribution in [0.2, 0.25) is 5.02 Å². The van der Waals surface area contributed by atoms with E-state index in [-0.39, 0.29) is 0 Å². The lowest BCUT2D eigenvalue weighted by molar-refractivity contribution is -0.154. The van der Waals surface area contributed by atoms with Crippen LogP contribution in [-0.2, 0) is 10.4 Å². The predicted molar refractivity (Wildman–Crippen MR) is 153 cm³/mol. The van der Waals surface area contributed by atoms with Crippen molar-refractivity contribution in [1.29, 1.82) is 0 Å². The maximum absolute atomic E-state index is 12.4. The first-order valence-corrected chi connectivity index (χ1v) is 12.8. The Kier molecular flexibility index (Phi) is 7.89.